The second-order valence-corrected chi connectivity index (χ2v) is 8.03. The summed E-state index contributed by atoms with van der Waals surface area (Å²) in [4.78, 5) is 18.2. The third-order valence-electron chi connectivity index (χ3n) is 6.00. The topological polar surface area (TPSA) is 80.0 Å². The van der Waals surface area contributed by atoms with Crippen LogP contribution in [-0.4, -0.2) is 55.3 Å². The fourth-order valence-corrected chi connectivity index (χ4v) is 4.03. The van der Waals surface area contributed by atoms with Crippen LogP contribution in [0.3, 0.4) is 0 Å². The number of rotatable bonds is 4. The Hall–Kier alpha value is -2.93. The van der Waals surface area contributed by atoms with E-state index in [-0.39, 0.29) is 12.0 Å². The van der Waals surface area contributed by atoms with Crippen molar-refractivity contribution in [3.05, 3.63) is 48.4 Å². The molecule has 1 aromatic carbocycles. The summed E-state index contributed by atoms with van der Waals surface area (Å²) in [7, 11) is 0. The first kappa shape index (κ1) is 18.1. The van der Waals surface area contributed by atoms with Crippen molar-refractivity contribution in [3.8, 4) is 16.9 Å². The largest absolute Gasteiger partial charge is 0.490 e. The highest BCUT2D eigenvalue weighted by Crippen LogP contribution is 2.37. The summed E-state index contributed by atoms with van der Waals surface area (Å²) >= 11 is 0. The van der Waals surface area contributed by atoms with Crippen LogP contribution in [0.2, 0.25) is 0 Å². The summed E-state index contributed by atoms with van der Waals surface area (Å²) < 4.78 is 7.98. The van der Waals surface area contributed by atoms with Crippen LogP contribution in [0.15, 0.2) is 42.7 Å². The molecule has 1 saturated carbocycles. The number of likely N-dealkylation sites (tertiary alicyclic amines) is 1. The predicted octanol–water partition coefficient (Wildman–Crippen LogP) is 2.60. The second kappa shape index (κ2) is 6.84. The number of amides is 1. The molecule has 5 rings (SSSR count). The molecule has 0 spiro atoms. The van der Waals surface area contributed by atoms with Gasteiger partial charge >= 0.3 is 0 Å². The number of hydrogen-bond acceptors (Lipinski definition) is 5. The molecule has 150 valence electrons. The van der Waals surface area contributed by atoms with Gasteiger partial charge in [0.25, 0.3) is 5.91 Å². The number of ether oxygens (including phenoxy) is 1. The van der Waals surface area contributed by atoms with Crippen LogP contribution in [0.25, 0.3) is 16.8 Å². The van der Waals surface area contributed by atoms with Crippen molar-refractivity contribution in [2.75, 3.05) is 13.1 Å². The molecule has 2 fully saturated rings. The quantitative estimate of drug-likeness (QED) is 0.738. The van der Waals surface area contributed by atoms with Gasteiger partial charge in [0.15, 0.2) is 5.65 Å². The van der Waals surface area contributed by atoms with E-state index < -0.39 is 5.60 Å². The average molecular weight is 392 g/mol. The van der Waals surface area contributed by atoms with E-state index in [4.69, 9.17) is 4.74 Å². The van der Waals surface area contributed by atoms with Gasteiger partial charge in [-0.1, -0.05) is 12.1 Å². The monoisotopic (exact) mass is 392 g/mol. The maximum absolute atomic E-state index is 12.2. The molecule has 0 unspecified atom stereocenters. The number of carbonyl (C=O) groups is 1. The molecule has 7 heteroatoms. The molecule has 2 aliphatic rings. The Labute approximate surface area is 168 Å². The van der Waals surface area contributed by atoms with Crippen molar-refractivity contribution in [3.63, 3.8) is 0 Å². The molecule has 0 radical (unpaired) electrons. The zero-order chi connectivity index (χ0) is 20.0. The smallest absolute Gasteiger partial charge is 0.254 e. The van der Waals surface area contributed by atoms with E-state index in [1.165, 1.54) is 0 Å². The number of hydrogen-bond donors (Lipinski definition) is 1. The Bertz CT molecular complexity index is 1050. The van der Waals surface area contributed by atoms with Crippen molar-refractivity contribution >= 4 is 11.6 Å². The zero-order valence-electron chi connectivity index (χ0n) is 16.4. The third kappa shape index (κ3) is 3.35. The van der Waals surface area contributed by atoms with Gasteiger partial charge in [0, 0.05) is 37.2 Å². The van der Waals surface area contributed by atoms with E-state index in [0.29, 0.717) is 25.9 Å². The summed E-state index contributed by atoms with van der Waals surface area (Å²) in [5.74, 6) is 0.721. The Morgan fingerprint density at radius 2 is 1.86 bits per heavy atom. The van der Waals surface area contributed by atoms with Crippen LogP contribution in [0.5, 0.6) is 5.75 Å². The van der Waals surface area contributed by atoms with E-state index in [1.54, 1.807) is 11.2 Å². The first-order valence-electron chi connectivity index (χ1n) is 10.1. The average Bonchev–Trinajstić information content (AvgIpc) is 3.30. The SMILES string of the molecule is Cc1c(-c2ccc(OC3CCN(C(=O)C4(O)CC4)CC3)cc2)ccc2ncnn12. The number of aryl methyl sites for hydroxylation is 1. The van der Waals surface area contributed by atoms with E-state index >= 15 is 0 Å². The first-order chi connectivity index (χ1) is 14.0. The number of aromatic nitrogens is 3. The number of pyridine rings is 1. The van der Waals surface area contributed by atoms with E-state index in [2.05, 4.69) is 28.3 Å². The van der Waals surface area contributed by atoms with E-state index in [0.717, 1.165) is 41.1 Å². The first-order valence-corrected chi connectivity index (χ1v) is 10.1. The summed E-state index contributed by atoms with van der Waals surface area (Å²) in [6, 6.07) is 12.1. The van der Waals surface area contributed by atoms with E-state index in [9.17, 15) is 9.90 Å². The predicted molar refractivity (Wildman–Crippen MR) is 108 cm³/mol. The standard InChI is InChI=1S/C22H24N4O3/c1-15-19(6-7-20-23-14-24-26(15)20)16-2-4-17(5-3-16)29-18-8-12-25(13-9-18)21(27)22(28)10-11-22/h2-7,14,18,28H,8-13H2,1H3. The summed E-state index contributed by atoms with van der Waals surface area (Å²) in [5, 5.41) is 14.3. The molecule has 1 amide bonds. The molecule has 0 bridgehead atoms. The molecule has 0 atom stereocenters. The molecular formula is C22H24N4O3. The van der Waals surface area contributed by atoms with Crippen LogP contribution < -0.4 is 4.74 Å². The van der Waals surface area contributed by atoms with Gasteiger partial charge < -0.3 is 14.7 Å². The summed E-state index contributed by atoms with van der Waals surface area (Å²) in [6.45, 7) is 3.32. The van der Waals surface area contributed by atoms with Gasteiger partial charge in [0.05, 0.1) is 0 Å². The van der Waals surface area contributed by atoms with Crippen LogP contribution in [0, 0.1) is 6.92 Å². The van der Waals surface area contributed by atoms with E-state index in [1.807, 2.05) is 29.6 Å². The second-order valence-electron chi connectivity index (χ2n) is 8.03. The van der Waals surface area contributed by atoms with Crippen LogP contribution >= 0.6 is 0 Å². The minimum Gasteiger partial charge on any atom is -0.490 e. The summed E-state index contributed by atoms with van der Waals surface area (Å²) in [6.07, 6.45) is 4.41. The molecule has 1 aliphatic carbocycles. The Kier molecular flexibility index (Phi) is 4.28. The van der Waals surface area contributed by atoms with Crippen LogP contribution in [-0.2, 0) is 4.79 Å². The van der Waals surface area contributed by atoms with Crippen molar-refractivity contribution in [2.45, 2.75) is 44.3 Å². The van der Waals surface area contributed by atoms with Crippen LogP contribution in [0.4, 0.5) is 0 Å². The van der Waals surface area contributed by atoms with Gasteiger partial charge in [-0.25, -0.2) is 9.50 Å². The van der Waals surface area contributed by atoms with Crippen molar-refractivity contribution in [1.82, 2.24) is 19.5 Å². The van der Waals surface area contributed by atoms with Gasteiger partial charge in [0.2, 0.25) is 0 Å². The molecular weight excluding hydrogens is 368 g/mol. The molecule has 3 aromatic rings. The fraction of sp³-hybridized carbons (Fsp3) is 0.409. The molecule has 7 nitrogen and oxygen atoms in total. The minimum absolute atomic E-state index is 0.0898. The van der Waals surface area contributed by atoms with Gasteiger partial charge in [-0.15, -0.1) is 0 Å². The molecule has 2 aromatic heterocycles. The van der Waals surface area contributed by atoms with Gasteiger partial charge in [-0.05, 0) is 49.6 Å². The Morgan fingerprint density at radius 1 is 1.14 bits per heavy atom. The summed E-state index contributed by atoms with van der Waals surface area (Å²) in [5.41, 5.74) is 3.02. The number of piperidine rings is 1. The molecule has 29 heavy (non-hydrogen) atoms. The number of benzene rings is 1. The van der Waals surface area contributed by atoms with Crippen molar-refractivity contribution in [2.24, 2.45) is 0 Å². The zero-order valence-corrected chi connectivity index (χ0v) is 16.4. The number of nitrogens with zero attached hydrogens (tertiary/aromatic N) is 4. The lowest BCUT2D eigenvalue weighted by molar-refractivity contribution is -0.144. The maximum atomic E-state index is 12.2. The number of fused-ring (bicyclic) bond motifs is 1. The normalized spacial score (nSPS) is 18.8. The lowest BCUT2D eigenvalue weighted by Crippen LogP contribution is -2.46. The highest BCUT2D eigenvalue weighted by atomic mass is 16.5. The highest BCUT2D eigenvalue weighted by Gasteiger charge is 2.50. The Balaban J connectivity index is 1.23. The lowest BCUT2D eigenvalue weighted by atomic mass is 10.0. The highest BCUT2D eigenvalue weighted by molar-refractivity contribution is 5.87. The fourth-order valence-electron chi connectivity index (χ4n) is 4.03. The Morgan fingerprint density at radius 3 is 2.55 bits per heavy atom. The molecule has 1 N–H and O–H groups in total. The number of carbonyl (C=O) groups excluding carboxylic acids is 1. The maximum Gasteiger partial charge on any atom is 0.254 e. The third-order valence-corrected chi connectivity index (χ3v) is 6.00. The molecule has 3 heterocycles. The van der Waals surface area contributed by atoms with Gasteiger partial charge in [-0.3, -0.25) is 4.79 Å². The lowest BCUT2D eigenvalue weighted by Gasteiger charge is -2.33. The van der Waals surface area contributed by atoms with Gasteiger partial charge in [-0.2, -0.15) is 5.10 Å². The van der Waals surface area contributed by atoms with Gasteiger partial charge in [0.1, 0.15) is 23.8 Å². The van der Waals surface area contributed by atoms with Crippen LogP contribution in [0.1, 0.15) is 31.4 Å². The van der Waals surface area contributed by atoms with Crippen molar-refractivity contribution < 1.29 is 14.6 Å². The van der Waals surface area contributed by atoms with Crippen molar-refractivity contribution in [1.29, 1.82) is 0 Å². The molecule has 1 aliphatic heterocycles. The molecule has 1 saturated heterocycles. The minimum atomic E-state index is -1.07. The number of aliphatic hydroxyl groups is 1.